The molecule has 0 spiro atoms. The summed E-state index contributed by atoms with van der Waals surface area (Å²) >= 11 is 0. The number of carbonyl (C=O) groups is 1. The summed E-state index contributed by atoms with van der Waals surface area (Å²) in [7, 11) is -4.67. The van der Waals surface area contributed by atoms with Gasteiger partial charge < -0.3 is 5.11 Å². The largest absolute Gasteiger partial charge is 0.507 e. The van der Waals surface area contributed by atoms with Gasteiger partial charge >= 0.3 is 10.4 Å². The molecule has 0 heterocycles. The van der Waals surface area contributed by atoms with Crippen LogP contribution in [-0.2, 0) is 15.8 Å². The minimum atomic E-state index is -4.67. The Labute approximate surface area is 155 Å². The lowest BCUT2D eigenvalue weighted by molar-refractivity contribution is 0.0950. The van der Waals surface area contributed by atoms with Crippen molar-refractivity contribution in [1.82, 2.24) is 5.43 Å². The van der Waals surface area contributed by atoms with Crippen molar-refractivity contribution in [2.45, 2.75) is 59.3 Å². The molecule has 0 saturated carbocycles. The van der Waals surface area contributed by atoms with Crippen molar-refractivity contribution in [1.29, 1.82) is 0 Å². The Bertz CT molecular complexity index is 706. The first-order chi connectivity index (χ1) is 11.7. The lowest BCUT2D eigenvalue weighted by Crippen LogP contribution is -2.30. The average molecular weight is 391 g/mol. The number of nitrogens with two attached hydrogens (primary N) is 1. The summed E-state index contributed by atoms with van der Waals surface area (Å²) in [4.78, 5) is 11.8. The van der Waals surface area contributed by atoms with Crippen LogP contribution in [0.25, 0.3) is 0 Å². The van der Waals surface area contributed by atoms with E-state index in [4.69, 9.17) is 23.4 Å². The summed E-state index contributed by atoms with van der Waals surface area (Å²) in [6.07, 6.45) is 3.22. The van der Waals surface area contributed by atoms with Crippen LogP contribution in [0.5, 0.6) is 5.75 Å². The Balaban J connectivity index is 0.00000110. The third-order valence-electron chi connectivity index (χ3n) is 3.94. The Hall–Kier alpha value is -1.68. The van der Waals surface area contributed by atoms with Gasteiger partial charge in [-0.25, -0.2) is 5.84 Å². The highest BCUT2D eigenvalue weighted by atomic mass is 32.3. The van der Waals surface area contributed by atoms with Crippen LogP contribution in [0.1, 0.15) is 68.4 Å². The molecule has 1 aromatic carbocycles. The predicted molar refractivity (Wildman–Crippen MR) is 100 cm³/mol. The molecule has 9 heteroatoms. The lowest BCUT2D eigenvalue weighted by atomic mass is 9.77. The molecular weight excluding hydrogens is 360 g/mol. The van der Waals surface area contributed by atoms with Gasteiger partial charge in [-0.1, -0.05) is 46.6 Å². The number of phenols is 1. The lowest BCUT2D eigenvalue weighted by Gasteiger charge is -2.28. The van der Waals surface area contributed by atoms with Crippen LogP contribution in [0.2, 0.25) is 0 Å². The summed E-state index contributed by atoms with van der Waals surface area (Å²) < 4.78 is 31.6. The fourth-order valence-electron chi connectivity index (χ4n) is 2.63. The quantitative estimate of drug-likeness (QED) is 0.217. The maximum atomic E-state index is 11.8. The van der Waals surface area contributed by atoms with Crippen LogP contribution in [0.3, 0.4) is 0 Å². The van der Waals surface area contributed by atoms with Gasteiger partial charge in [0.2, 0.25) is 0 Å². The van der Waals surface area contributed by atoms with E-state index in [-0.39, 0.29) is 16.7 Å². The third-order valence-corrected chi connectivity index (χ3v) is 3.94. The summed E-state index contributed by atoms with van der Waals surface area (Å²) in [5.74, 6) is 5.43. The molecule has 8 nitrogen and oxygen atoms in total. The van der Waals surface area contributed by atoms with E-state index in [9.17, 15) is 9.90 Å². The first kappa shape index (κ1) is 24.3. The number of nitrogen functional groups attached to an aromatic ring is 1. The first-order valence-electron chi connectivity index (χ1n) is 8.24. The van der Waals surface area contributed by atoms with E-state index < -0.39 is 16.3 Å². The van der Waals surface area contributed by atoms with Crippen molar-refractivity contribution in [3.8, 4) is 5.75 Å². The highest BCUT2D eigenvalue weighted by molar-refractivity contribution is 7.79. The molecule has 1 rings (SSSR count). The number of hydrazine groups is 1. The van der Waals surface area contributed by atoms with E-state index in [1.807, 2.05) is 13.0 Å². The van der Waals surface area contributed by atoms with E-state index in [0.29, 0.717) is 5.92 Å². The highest BCUT2D eigenvalue weighted by Gasteiger charge is 2.27. The predicted octanol–water partition coefficient (Wildman–Crippen LogP) is 2.76. The smallest absolute Gasteiger partial charge is 0.394 e. The molecule has 6 N–H and O–H groups in total. The molecule has 0 radical (unpaired) electrons. The fourth-order valence-corrected chi connectivity index (χ4v) is 2.63. The normalized spacial score (nSPS) is 11.7. The maximum Gasteiger partial charge on any atom is 0.394 e. The van der Waals surface area contributed by atoms with E-state index >= 15 is 0 Å². The van der Waals surface area contributed by atoms with Crippen LogP contribution >= 0.6 is 0 Å². The van der Waals surface area contributed by atoms with Crippen molar-refractivity contribution < 1.29 is 27.4 Å². The molecule has 1 amide bonds. The number of aromatic hydroxyl groups is 1. The van der Waals surface area contributed by atoms with Gasteiger partial charge in [-0.2, -0.15) is 8.42 Å². The van der Waals surface area contributed by atoms with Gasteiger partial charge in [0.15, 0.2) is 0 Å². The van der Waals surface area contributed by atoms with Crippen molar-refractivity contribution in [2.24, 2.45) is 11.8 Å². The Kier molecular flexibility index (Phi) is 9.23. The highest BCUT2D eigenvalue weighted by Crippen LogP contribution is 2.38. The number of benzene rings is 1. The van der Waals surface area contributed by atoms with Gasteiger partial charge in [0.25, 0.3) is 5.91 Å². The topological polar surface area (TPSA) is 150 Å². The SMILES string of the molecule is Cc1cc(C(=O)NN)c(O)c(C(C)(C)CCCC(C)C)c1.O=S(=O)(O)O. The van der Waals surface area contributed by atoms with Crippen LogP contribution in [0, 0.1) is 12.8 Å². The van der Waals surface area contributed by atoms with E-state index in [0.717, 1.165) is 30.4 Å². The summed E-state index contributed by atoms with van der Waals surface area (Å²) in [5, 5.41) is 10.4. The number of aryl methyl sites for hydroxylation is 1. The molecule has 1 aromatic rings. The minimum Gasteiger partial charge on any atom is -0.507 e. The standard InChI is InChI=1S/C17H28N2O2.H2O4S/c1-11(2)7-6-8-17(4,5)14-10-12(3)9-13(15(14)20)16(21)19-18;1-5(2,3)4/h9-11,20H,6-8,18H2,1-5H3,(H,19,21);(H2,1,2,3,4). The van der Waals surface area contributed by atoms with Gasteiger partial charge in [-0.15, -0.1) is 0 Å². The van der Waals surface area contributed by atoms with Crippen molar-refractivity contribution in [3.63, 3.8) is 0 Å². The van der Waals surface area contributed by atoms with Gasteiger partial charge in [-0.05, 0) is 36.3 Å². The van der Waals surface area contributed by atoms with E-state index in [1.165, 1.54) is 0 Å². The molecular formula is C17H30N2O6S. The number of rotatable bonds is 6. The Morgan fingerprint density at radius 3 is 2.19 bits per heavy atom. The molecule has 150 valence electrons. The molecule has 0 aliphatic heterocycles. The van der Waals surface area contributed by atoms with Crippen molar-refractivity contribution >= 4 is 16.3 Å². The molecule has 0 unspecified atom stereocenters. The van der Waals surface area contributed by atoms with Gasteiger partial charge in [0, 0.05) is 5.56 Å². The molecule has 0 fully saturated rings. The average Bonchev–Trinajstić information content (AvgIpc) is 2.46. The number of phenolic OH excluding ortho intramolecular Hbond substituents is 1. The van der Waals surface area contributed by atoms with Crippen molar-refractivity contribution in [3.05, 3.63) is 28.8 Å². The zero-order valence-electron chi connectivity index (χ0n) is 15.9. The second kappa shape index (κ2) is 9.86. The zero-order chi connectivity index (χ0) is 20.7. The molecule has 0 saturated heterocycles. The summed E-state index contributed by atoms with van der Waals surface area (Å²) in [6.45, 7) is 10.5. The van der Waals surface area contributed by atoms with Gasteiger partial charge in [0.1, 0.15) is 5.75 Å². The zero-order valence-corrected chi connectivity index (χ0v) is 16.7. The molecule has 0 atom stereocenters. The van der Waals surface area contributed by atoms with Gasteiger partial charge in [-0.3, -0.25) is 19.3 Å². The van der Waals surface area contributed by atoms with E-state index in [1.54, 1.807) is 6.07 Å². The van der Waals surface area contributed by atoms with Crippen LogP contribution < -0.4 is 11.3 Å². The van der Waals surface area contributed by atoms with Crippen LogP contribution in [0.4, 0.5) is 0 Å². The van der Waals surface area contributed by atoms with Gasteiger partial charge in [0.05, 0.1) is 5.56 Å². The Morgan fingerprint density at radius 2 is 1.77 bits per heavy atom. The summed E-state index contributed by atoms with van der Waals surface area (Å²) in [6, 6.07) is 3.61. The monoisotopic (exact) mass is 390 g/mol. The molecule has 0 aliphatic carbocycles. The number of hydrogen-bond donors (Lipinski definition) is 5. The minimum absolute atomic E-state index is 0.0399. The molecule has 0 bridgehead atoms. The number of hydrogen-bond acceptors (Lipinski definition) is 5. The Morgan fingerprint density at radius 1 is 1.27 bits per heavy atom. The van der Waals surface area contributed by atoms with E-state index in [2.05, 4.69) is 33.1 Å². The molecule has 26 heavy (non-hydrogen) atoms. The number of amides is 1. The second-order valence-electron chi connectivity index (χ2n) is 7.30. The third kappa shape index (κ3) is 9.14. The molecule has 0 aromatic heterocycles. The number of carbonyl (C=O) groups excluding carboxylic acids is 1. The second-order valence-corrected chi connectivity index (χ2v) is 8.20. The van der Waals surface area contributed by atoms with Crippen molar-refractivity contribution in [2.75, 3.05) is 0 Å². The maximum absolute atomic E-state index is 11.8. The number of nitrogens with one attached hydrogen (secondary N) is 1. The van der Waals surface area contributed by atoms with Crippen LogP contribution in [0.15, 0.2) is 12.1 Å². The molecule has 0 aliphatic rings. The summed E-state index contributed by atoms with van der Waals surface area (Å²) in [5.41, 5.74) is 3.89. The van der Waals surface area contributed by atoms with Crippen LogP contribution in [-0.4, -0.2) is 28.5 Å². The first-order valence-corrected chi connectivity index (χ1v) is 9.63. The fraction of sp³-hybridized carbons (Fsp3) is 0.588.